The predicted octanol–water partition coefficient (Wildman–Crippen LogP) is 2.39. The number of fused-ring (bicyclic) bond motifs is 1. The summed E-state index contributed by atoms with van der Waals surface area (Å²) in [5.41, 5.74) is 7.46. The van der Waals surface area contributed by atoms with Gasteiger partial charge in [0.15, 0.2) is 5.56 Å². The molecule has 22 heavy (non-hydrogen) atoms. The maximum absolute atomic E-state index is 11.7. The van der Waals surface area contributed by atoms with Gasteiger partial charge in [-0.05, 0) is 17.6 Å². The van der Waals surface area contributed by atoms with Crippen molar-refractivity contribution >= 4 is 39.6 Å². The van der Waals surface area contributed by atoms with E-state index in [4.69, 9.17) is 22.1 Å². The van der Waals surface area contributed by atoms with Crippen LogP contribution in [0.4, 0.5) is 5.00 Å². The Labute approximate surface area is 134 Å². The highest BCUT2D eigenvalue weighted by Gasteiger charge is 2.21. The standard InChI is InChI=1S/C13H11ClN4O3S/c1-20-13(19)10-11(15)22-17-12(10)21-5-7-2-8(14)9-3-16-6-18(9)4-7/h2-4,6H,5,15H2,1H3. The normalized spacial score (nSPS) is 10.8. The molecule has 0 aliphatic rings. The summed E-state index contributed by atoms with van der Waals surface area (Å²) in [5.74, 6) is -0.430. The number of nitrogens with two attached hydrogens (primary N) is 1. The van der Waals surface area contributed by atoms with Crippen molar-refractivity contribution in [3.05, 3.63) is 40.9 Å². The SMILES string of the molecule is COC(=O)c1c(OCc2cc(Cl)c3cncn3c2)nsc1N. The number of carbonyl (C=O) groups excluding carboxylic acids is 1. The molecule has 0 bridgehead atoms. The molecule has 9 heteroatoms. The first-order valence-corrected chi connectivity index (χ1v) is 7.31. The molecule has 0 saturated carbocycles. The number of hydrogen-bond donors (Lipinski definition) is 1. The van der Waals surface area contributed by atoms with Crippen LogP contribution in [0.15, 0.2) is 24.8 Å². The number of nitrogens with zero attached hydrogens (tertiary/aromatic N) is 3. The zero-order chi connectivity index (χ0) is 15.7. The van der Waals surface area contributed by atoms with E-state index in [-0.39, 0.29) is 23.1 Å². The molecule has 0 fully saturated rings. The molecule has 0 amide bonds. The number of halogens is 1. The van der Waals surface area contributed by atoms with Gasteiger partial charge in [0.1, 0.15) is 11.6 Å². The van der Waals surface area contributed by atoms with Gasteiger partial charge in [-0.15, -0.1) is 0 Å². The highest BCUT2D eigenvalue weighted by molar-refractivity contribution is 7.10. The Hall–Kier alpha value is -2.32. The molecule has 0 aliphatic heterocycles. The number of methoxy groups -OCH3 is 1. The highest BCUT2D eigenvalue weighted by atomic mass is 35.5. The second kappa shape index (κ2) is 5.82. The molecular formula is C13H11ClN4O3S. The third-order valence-electron chi connectivity index (χ3n) is 2.98. The number of carbonyl (C=O) groups is 1. The lowest BCUT2D eigenvalue weighted by molar-refractivity contribution is 0.0597. The molecule has 0 spiro atoms. The first-order valence-electron chi connectivity index (χ1n) is 6.16. The van der Waals surface area contributed by atoms with E-state index in [1.54, 1.807) is 23.0 Å². The summed E-state index contributed by atoms with van der Waals surface area (Å²) in [5, 5.41) is 0.814. The third kappa shape index (κ3) is 2.58. The number of ether oxygens (including phenoxy) is 2. The molecule has 0 saturated heterocycles. The molecule has 3 aromatic rings. The van der Waals surface area contributed by atoms with Crippen molar-refractivity contribution in [2.24, 2.45) is 0 Å². The number of anilines is 1. The Balaban J connectivity index is 1.84. The molecule has 7 nitrogen and oxygen atoms in total. The van der Waals surface area contributed by atoms with Gasteiger partial charge in [-0.3, -0.25) is 0 Å². The fourth-order valence-corrected chi connectivity index (χ4v) is 2.83. The van der Waals surface area contributed by atoms with E-state index >= 15 is 0 Å². The van der Waals surface area contributed by atoms with Crippen molar-refractivity contribution in [2.75, 3.05) is 12.8 Å². The van der Waals surface area contributed by atoms with Crippen molar-refractivity contribution in [2.45, 2.75) is 6.61 Å². The number of pyridine rings is 1. The van der Waals surface area contributed by atoms with Crippen LogP contribution in [0, 0.1) is 0 Å². The summed E-state index contributed by atoms with van der Waals surface area (Å²) in [6.07, 6.45) is 5.15. The molecule has 0 atom stereocenters. The summed E-state index contributed by atoms with van der Waals surface area (Å²) in [4.78, 5) is 15.7. The zero-order valence-corrected chi connectivity index (χ0v) is 13.0. The third-order valence-corrected chi connectivity index (χ3v) is 3.94. The lowest BCUT2D eigenvalue weighted by atomic mass is 10.3. The molecule has 3 aromatic heterocycles. The van der Waals surface area contributed by atoms with Crippen LogP contribution in [0.25, 0.3) is 5.52 Å². The van der Waals surface area contributed by atoms with Crippen LogP contribution in [-0.2, 0) is 11.3 Å². The Morgan fingerprint density at radius 1 is 1.55 bits per heavy atom. The average Bonchev–Trinajstić information content (AvgIpc) is 3.11. The second-order valence-electron chi connectivity index (χ2n) is 4.39. The summed E-state index contributed by atoms with van der Waals surface area (Å²) in [7, 11) is 1.27. The highest BCUT2D eigenvalue weighted by Crippen LogP contribution is 2.29. The molecule has 3 rings (SSSR count). The largest absolute Gasteiger partial charge is 0.471 e. The van der Waals surface area contributed by atoms with Gasteiger partial charge in [-0.2, -0.15) is 4.37 Å². The van der Waals surface area contributed by atoms with Gasteiger partial charge in [-0.1, -0.05) is 11.6 Å². The monoisotopic (exact) mass is 338 g/mol. The summed E-state index contributed by atoms with van der Waals surface area (Å²) in [6, 6.07) is 1.77. The lowest BCUT2D eigenvalue weighted by Gasteiger charge is -2.07. The van der Waals surface area contributed by atoms with Crippen LogP contribution in [0.2, 0.25) is 5.02 Å². The molecule has 2 N–H and O–H groups in total. The van der Waals surface area contributed by atoms with Gasteiger partial charge in [0.25, 0.3) is 0 Å². The zero-order valence-electron chi connectivity index (χ0n) is 11.4. The minimum Gasteiger partial charge on any atom is -0.471 e. The Morgan fingerprint density at radius 3 is 3.14 bits per heavy atom. The molecule has 0 aromatic carbocycles. The molecular weight excluding hydrogens is 328 g/mol. The average molecular weight is 339 g/mol. The predicted molar refractivity (Wildman–Crippen MR) is 82.4 cm³/mol. The molecule has 0 aliphatic carbocycles. The number of nitrogen functional groups attached to an aromatic ring is 1. The van der Waals surface area contributed by atoms with Crippen molar-refractivity contribution in [3.8, 4) is 5.88 Å². The minimum atomic E-state index is -0.579. The van der Waals surface area contributed by atoms with Gasteiger partial charge < -0.3 is 19.6 Å². The van der Waals surface area contributed by atoms with Gasteiger partial charge in [0.2, 0.25) is 5.88 Å². The maximum atomic E-state index is 11.7. The van der Waals surface area contributed by atoms with Crippen LogP contribution in [-0.4, -0.2) is 26.8 Å². The number of esters is 1. The number of aromatic nitrogens is 3. The molecule has 3 heterocycles. The molecule has 0 radical (unpaired) electrons. The van der Waals surface area contributed by atoms with Crippen LogP contribution in [0.3, 0.4) is 0 Å². The summed E-state index contributed by atoms with van der Waals surface area (Å²) < 4.78 is 16.0. The van der Waals surface area contributed by atoms with Crippen LogP contribution in [0.1, 0.15) is 15.9 Å². The quantitative estimate of drug-likeness (QED) is 0.734. The molecule has 114 valence electrons. The van der Waals surface area contributed by atoms with Crippen LogP contribution >= 0.6 is 23.1 Å². The van der Waals surface area contributed by atoms with E-state index in [1.807, 2.05) is 6.20 Å². The van der Waals surface area contributed by atoms with E-state index < -0.39 is 5.97 Å². The van der Waals surface area contributed by atoms with E-state index in [9.17, 15) is 4.79 Å². The van der Waals surface area contributed by atoms with Crippen molar-refractivity contribution in [1.82, 2.24) is 13.8 Å². The fourth-order valence-electron chi connectivity index (χ4n) is 1.95. The Kier molecular flexibility index (Phi) is 3.86. The van der Waals surface area contributed by atoms with E-state index in [1.165, 1.54) is 7.11 Å². The van der Waals surface area contributed by atoms with Crippen molar-refractivity contribution < 1.29 is 14.3 Å². The van der Waals surface area contributed by atoms with E-state index in [0.29, 0.717) is 5.02 Å². The summed E-state index contributed by atoms with van der Waals surface area (Å²) >= 11 is 7.15. The van der Waals surface area contributed by atoms with Crippen LogP contribution < -0.4 is 10.5 Å². The second-order valence-corrected chi connectivity index (χ2v) is 5.60. The van der Waals surface area contributed by atoms with Crippen molar-refractivity contribution in [3.63, 3.8) is 0 Å². The first-order chi connectivity index (χ1) is 10.6. The number of imidazole rings is 1. The van der Waals surface area contributed by atoms with E-state index in [0.717, 1.165) is 22.6 Å². The first kappa shape index (κ1) is 14.6. The fraction of sp³-hybridized carbons (Fsp3) is 0.154. The number of rotatable bonds is 4. The molecule has 0 unspecified atom stereocenters. The van der Waals surface area contributed by atoms with Gasteiger partial charge in [0.05, 0.1) is 30.2 Å². The number of hydrogen-bond acceptors (Lipinski definition) is 7. The van der Waals surface area contributed by atoms with E-state index in [2.05, 4.69) is 14.1 Å². The van der Waals surface area contributed by atoms with Crippen molar-refractivity contribution in [1.29, 1.82) is 0 Å². The smallest absolute Gasteiger partial charge is 0.346 e. The topological polar surface area (TPSA) is 91.7 Å². The maximum Gasteiger partial charge on any atom is 0.346 e. The summed E-state index contributed by atoms with van der Waals surface area (Å²) in [6.45, 7) is 0.182. The minimum absolute atomic E-state index is 0.141. The van der Waals surface area contributed by atoms with Gasteiger partial charge in [-0.25, -0.2) is 9.78 Å². The Bertz CT molecular complexity index is 845. The lowest BCUT2D eigenvalue weighted by Crippen LogP contribution is -2.07. The Morgan fingerprint density at radius 2 is 2.36 bits per heavy atom. The van der Waals surface area contributed by atoms with Crippen LogP contribution in [0.5, 0.6) is 5.88 Å². The van der Waals surface area contributed by atoms with Gasteiger partial charge in [0, 0.05) is 11.8 Å². The van der Waals surface area contributed by atoms with Gasteiger partial charge >= 0.3 is 5.97 Å².